The summed E-state index contributed by atoms with van der Waals surface area (Å²) in [5, 5.41) is 2.77. The monoisotopic (exact) mass is 271 g/mol. The molecule has 0 spiro atoms. The van der Waals surface area contributed by atoms with Crippen LogP contribution in [-0.4, -0.2) is 32.4 Å². The fraction of sp³-hybridized carbons (Fsp3) is 0.583. The summed E-state index contributed by atoms with van der Waals surface area (Å²) in [7, 11) is -2.88. The summed E-state index contributed by atoms with van der Waals surface area (Å²) in [4.78, 5) is 11.9. The molecular weight excluding hydrogens is 254 g/mol. The van der Waals surface area contributed by atoms with E-state index in [9.17, 15) is 13.2 Å². The average Bonchev–Trinajstić information content (AvgIpc) is 2.78. The summed E-state index contributed by atoms with van der Waals surface area (Å²) in [5.41, 5.74) is 0.522. The van der Waals surface area contributed by atoms with Gasteiger partial charge in [-0.2, -0.15) is 0 Å². The molecule has 5 nitrogen and oxygen atoms in total. The van der Waals surface area contributed by atoms with Crippen LogP contribution in [0.25, 0.3) is 0 Å². The van der Waals surface area contributed by atoms with Crippen LogP contribution >= 0.6 is 0 Å². The van der Waals surface area contributed by atoms with Gasteiger partial charge in [-0.1, -0.05) is 0 Å². The minimum atomic E-state index is -2.88. The van der Waals surface area contributed by atoms with E-state index in [2.05, 4.69) is 5.32 Å². The lowest BCUT2D eigenvalue weighted by atomic mass is 10.1. The summed E-state index contributed by atoms with van der Waals surface area (Å²) < 4.78 is 27.9. The fourth-order valence-corrected chi connectivity index (χ4v) is 4.08. The third kappa shape index (κ3) is 2.93. The number of hydrogen-bond acceptors (Lipinski definition) is 4. The molecule has 0 bridgehead atoms. The van der Waals surface area contributed by atoms with Crippen molar-refractivity contribution in [3.05, 3.63) is 23.2 Å². The Morgan fingerprint density at radius 1 is 1.50 bits per heavy atom. The summed E-state index contributed by atoms with van der Waals surface area (Å²) in [6.45, 7) is 3.93. The molecule has 100 valence electrons. The number of carbonyl (C=O) groups is 1. The fourth-order valence-electron chi connectivity index (χ4n) is 2.22. The van der Waals surface area contributed by atoms with Crippen LogP contribution in [0.4, 0.5) is 0 Å². The van der Waals surface area contributed by atoms with Crippen LogP contribution in [0, 0.1) is 19.8 Å². The number of amides is 1. The van der Waals surface area contributed by atoms with Crippen molar-refractivity contribution in [1.29, 1.82) is 0 Å². The third-order valence-corrected chi connectivity index (χ3v) is 5.00. The Hall–Kier alpha value is -1.30. The molecule has 0 aromatic carbocycles. The first-order valence-electron chi connectivity index (χ1n) is 5.93. The van der Waals surface area contributed by atoms with Gasteiger partial charge in [0, 0.05) is 6.54 Å². The molecule has 1 N–H and O–H groups in total. The zero-order valence-corrected chi connectivity index (χ0v) is 11.3. The van der Waals surface area contributed by atoms with Gasteiger partial charge >= 0.3 is 0 Å². The van der Waals surface area contributed by atoms with Gasteiger partial charge in [-0.05, 0) is 32.3 Å². The molecule has 1 amide bonds. The lowest BCUT2D eigenvalue weighted by Gasteiger charge is -2.08. The number of rotatable bonds is 3. The van der Waals surface area contributed by atoms with Crippen molar-refractivity contribution in [2.45, 2.75) is 20.3 Å². The molecule has 2 heterocycles. The molecule has 0 unspecified atom stereocenters. The first kappa shape index (κ1) is 13.1. The molecule has 0 radical (unpaired) electrons. The van der Waals surface area contributed by atoms with E-state index >= 15 is 0 Å². The molecule has 0 aliphatic carbocycles. The van der Waals surface area contributed by atoms with Crippen LogP contribution in [0.2, 0.25) is 0 Å². The van der Waals surface area contributed by atoms with Crippen molar-refractivity contribution in [2.24, 2.45) is 5.92 Å². The number of sulfone groups is 1. The van der Waals surface area contributed by atoms with E-state index < -0.39 is 9.84 Å². The largest absolute Gasteiger partial charge is 0.466 e. The standard InChI is InChI=1S/C12H17NO4S/c1-8-5-11(9(2)17-8)12(14)13-6-10-3-4-18(15,16)7-10/h5,10H,3-4,6-7H2,1-2H3,(H,13,14)/t10-/m0/s1. The molecule has 2 rings (SSSR count). The molecule has 6 heteroatoms. The topological polar surface area (TPSA) is 76.4 Å². The second-order valence-corrected chi connectivity index (χ2v) is 7.03. The van der Waals surface area contributed by atoms with Crippen molar-refractivity contribution in [3.8, 4) is 0 Å². The number of nitrogens with one attached hydrogen (secondary N) is 1. The minimum Gasteiger partial charge on any atom is -0.466 e. The van der Waals surface area contributed by atoms with Gasteiger partial charge in [0.1, 0.15) is 11.5 Å². The second-order valence-electron chi connectivity index (χ2n) is 4.81. The maximum atomic E-state index is 11.9. The Morgan fingerprint density at radius 3 is 2.72 bits per heavy atom. The predicted octanol–water partition coefficient (Wildman–Crippen LogP) is 1.06. The summed E-state index contributed by atoms with van der Waals surface area (Å²) in [6, 6.07) is 1.69. The average molecular weight is 271 g/mol. The number of carbonyl (C=O) groups excluding carboxylic acids is 1. The number of aryl methyl sites for hydroxylation is 2. The molecule has 1 aliphatic heterocycles. The Balaban J connectivity index is 1.91. The molecule has 18 heavy (non-hydrogen) atoms. The lowest BCUT2D eigenvalue weighted by Crippen LogP contribution is -2.29. The molecular formula is C12H17NO4S. The van der Waals surface area contributed by atoms with Gasteiger partial charge in [-0.3, -0.25) is 4.79 Å². The van der Waals surface area contributed by atoms with Crippen LogP contribution in [-0.2, 0) is 9.84 Å². The molecule has 1 aromatic rings. The highest BCUT2D eigenvalue weighted by Crippen LogP contribution is 2.18. The summed E-state index contributed by atoms with van der Waals surface area (Å²) in [5.74, 6) is 1.53. The van der Waals surface area contributed by atoms with E-state index in [0.717, 1.165) is 0 Å². The molecule has 1 fully saturated rings. The van der Waals surface area contributed by atoms with Crippen molar-refractivity contribution in [2.75, 3.05) is 18.1 Å². The Morgan fingerprint density at radius 2 is 2.22 bits per heavy atom. The van der Waals surface area contributed by atoms with E-state index in [-0.39, 0.29) is 23.3 Å². The maximum Gasteiger partial charge on any atom is 0.254 e. The Kier molecular flexibility index (Phi) is 3.47. The SMILES string of the molecule is Cc1cc(C(=O)NC[C@@H]2CCS(=O)(=O)C2)c(C)o1. The van der Waals surface area contributed by atoms with E-state index in [1.165, 1.54) is 0 Å². The highest BCUT2D eigenvalue weighted by molar-refractivity contribution is 7.91. The summed E-state index contributed by atoms with van der Waals surface area (Å²) in [6.07, 6.45) is 0.631. The second kappa shape index (κ2) is 4.76. The lowest BCUT2D eigenvalue weighted by molar-refractivity contribution is 0.0947. The zero-order valence-electron chi connectivity index (χ0n) is 10.5. The first-order chi connectivity index (χ1) is 8.37. The molecule has 1 aromatic heterocycles. The van der Waals surface area contributed by atoms with Gasteiger partial charge in [-0.15, -0.1) is 0 Å². The first-order valence-corrected chi connectivity index (χ1v) is 7.75. The van der Waals surface area contributed by atoms with E-state index in [0.29, 0.717) is 30.0 Å². The van der Waals surface area contributed by atoms with Crippen molar-refractivity contribution < 1.29 is 17.6 Å². The number of furan rings is 1. The minimum absolute atomic E-state index is 0.0345. The smallest absolute Gasteiger partial charge is 0.254 e. The van der Waals surface area contributed by atoms with Gasteiger partial charge in [0.05, 0.1) is 17.1 Å². The van der Waals surface area contributed by atoms with Crippen LogP contribution in [0.1, 0.15) is 28.3 Å². The molecule has 1 atom stereocenters. The van der Waals surface area contributed by atoms with Crippen molar-refractivity contribution in [3.63, 3.8) is 0 Å². The van der Waals surface area contributed by atoms with E-state index in [4.69, 9.17) is 4.42 Å². The van der Waals surface area contributed by atoms with Crippen LogP contribution in [0.15, 0.2) is 10.5 Å². The molecule has 0 saturated carbocycles. The number of hydrogen-bond donors (Lipinski definition) is 1. The summed E-state index contributed by atoms with van der Waals surface area (Å²) >= 11 is 0. The van der Waals surface area contributed by atoms with E-state index in [1.54, 1.807) is 19.9 Å². The predicted molar refractivity (Wildman–Crippen MR) is 67.3 cm³/mol. The van der Waals surface area contributed by atoms with Crippen molar-refractivity contribution >= 4 is 15.7 Å². The Labute approximate surface area is 106 Å². The van der Waals surface area contributed by atoms with Crippen molar-refractivity contribution in [1.82, 2.24) is 5.32 Å². The highest BCUT2D eigenvalue weighted by Gasteiger charge is 2.28. The van der Waals surface area contributed by atoms with Gasteiger partial charge in [0.2, 0.25) is 0 Å². The van der Waals surface area contributed by atoms with Gasteiger partial charge in [0.15, 0.2) is 9.84 Å². The highest BCUT2D eigenvalue weighted by atomic mass is 32.2. The molecule has 1 saturated heterocycles. The van der Waals surface area contributed by atoms with E-state index in [1.807, 2.05) is 0 Å². The normalized spacial score (nSPS) is 22.0. The van der Waals surface area contributed by atoms with Gasteiger partial charge in [0.25, 0.3) is 5.91 Å². The van der Waals surface area contributed by atoms with Crippen LogP contribution in [0.3, 0.4) is 0 Å². The Bertz CT molecular complexity index is 559. The van der Waals surface area contributed by atoms with Gasteiger partial charge < -0.3 is 9.73 Å². The van der Waals surface area contributed by atoms with Crippen LogP contribution in [0.5, 0.6) is 0 Å². The third-order valence-electron chi connectivity index (χ3n) is 3.16. The zero-order chi connectivity index (χ0) is 13.3. The maximum absolute atomic E-state index is 11.9. The van der Waals surface area contributed by atoms with Gasteiger partial charge in [-0.25, -0.2) is 8.42 Å². The quantitative estimate of drug-likeness (QED) is 0.892. The molecule has 1 aliphatic rings. The van der Waals surface area contributed by atoms with Crippen LogP contribution < -0.4 is 5.32 Å².